The standard InChI is InChI=1S/C25H19N2/c1-4-16-13-17-11-12-26(3)25-22-15(2)9-10-19-18-7-5-6-8-20(18)27(24(19)22)21(14-16)23(17)25/h4-14H,1H2,2-3H3/q+1. The van der Waals surface area contributed by atoms with Crippen LogP contribution in [0.4, 0.5) is 0 Å². The number of hydrogen-bond acceptors (Lipinski definition) is 0. The van der Waals surface area contributed by atoms with Gasteiger partial charge < -0.3 is 4.40 Å². The lowest BCUT2D eigenvalue weighted by Gasteiger charge is -2.13. The minimum Gasteiger partial charge on any atom is -0.307 e. The predicted octanol–water partition coefficient (Wildman–Crippen LogP) is 5.77. The molecule has 0 N–H and O–H groups in total. The molecule has 0 amide bonds. The number of pyridine rings is 2. The lowest BCUT2D eigenvalue weighted by molar-refractivity contribution is -0.643. The van der Waals surface area contributed by atoms with Crippen LogP contribution < -0.4 is 4.57 Å². The zero-order valence-corrected chi connectivity index (χ0v) is 15.5. The molecule has 27 heavy (non-hydrogen) atoms. The monoisotopic (exact) mass is 347 g/mol. The molecule has 6 aromatic rings. The van der Waals surface area contributed by atoms with E-state index in [1.54, 1.807) is 0 Å². The SMILES string of the molecule is C=Cc1cc2cc[n+](C)c3c4c(C)ccc5c6ccccc6n(c(c1)c23)c54. The molecule has 0 bridgehead atoms. The van der Waals surface area contributed by atoms with E-state index in [0.29, 0.717) is 0 Å². The van der Waals surface area contributed by atoms with Gasteiger partial charge in [-0.05, 0) is 41.6 Å². The van der Waals surface area contributed by atoms with Gasteiger partial charge in [0.15, 0.2) is 6.20 Å². The number of benzene rings is 3. The maximum Gasteiger partial charge on any atom is 0.224 e. The van der Waals surface area contributed by atoms with Crippen LogP contribution in [-0.4, -0.2) is 4.40 Å². The summed E-state index contributed by atoms with van der Waals surface area (Å²) in [4.78, 5) is 0. The van der Waals surface area contributed by atoms with E-state index < -0.39 is 0 Å². The van der Waals surface area contributed by atoms with E-state index in [9.17, 15) is 0 Å². The fourth-order valence-corrected chi connectivity index (χ4v) is 4.81. The molecule has 0 aliphatic heterocycles. The van der Waals surface area contributed by atoms with Crippen molar-refractivity contribution in [2.75, 3.05) is 0 Å². The van der Waals surface area contributed by atoms with E-state index in [4.69, 9.17) is 0 Å². The molecule has 0 fully saturated rings. The highest BCUT2D eigenvalue weighted by Gasteiger charge is 2.23. The van der Waals surface area contributed by atoms with Crippen molar-refractivity contribution in [2.45, 2.75) is 6.92 Å². The van der Waals surface area contributed by atoms with E-state index in [0.717, 1.165) is 5.56 Å². The van der Waals surface area contributed by atoms with Gasteiger partial charge in [-0.3, -0.25) is 0 Å². The maximum absolute atomic E-state index is 4.01. The van der Waals surface area contributed by atoms with Gasteiger partial charge in [0, 0.05) is 16.8 Å². The molecule has 0 radical (unpaired) electrons. The minimum atomic E-state index is 1.15. The van der Waals surface area contributed by atoms with Crippen LogP contribution in [0, 0.1) is 6.92 Å². The summed E-state index contributed by atoms with van der Waals surface area (Å²) in [6, 6.07) is 20.0. The fourth-order valence-electron chi connectivity index (χ4n) is 4.81. The molecule has 0 spiro atoms. The smallest absolute Gasteiger partial charge is 0.224 e. The van der Waals surface area contributed by atoms with Gasteiger partial charge in [0.05, 0.1) is 27.3 Å². The van der Waals surface area contributed by atoms with Crippen molar-refractivity contribution < 1.29 is 4.57 Å². The summed E-state index contributed by atoms with van der Waals surface area (Å²) >= 11 is 0. The molecular formula is C25H19N2+. The summed E-state index contributed by atoms with van der Waals surface area (Å²) in [6.45, 7) is 6.23. The Labute approximate surface area is 156 Å². The van der Waals surface area contributed by atoms with Gasteiger partial charge in [0.25, 0.3) is 0 Å². The second-order valence-electron chi connectivity index (χ2n) is 7.49. The van der Waals surface area contributed by atoms with Crippen LogP contribution in [0.2, 0.25) is 0 Å². The molecule has 2 nitrogen and oxygen atoms in total. The molecule has 3 heterocycles. The van der Waals surface area contributed by atoms with Crippen LogP contribution in [0.5, 0.6) is 0 Å². The third-order valence-electron chi connectivity index (χ3n) is 6.00. The minimum absolute atomic E-state index is 1.15. The summed E-state index contributed by atoms with van der Waals surface area (Å²) in [5.74, 6) is 0. The van der Waals surface area contributed by atoms with Crippen molar-refractivity contribution in [3.63, 3.8) is 0 Å². The molecule has 0 atom stereocenters. The van der Waals surface area contributed by atoms with Crippen molar-refractivity contribution >= 4 is 55.1 Å². The number of fused-ring (bicyclic) bond motifs is 5. The van der Waals surface area contributed by atoms with Gasteiger partial charge in [-0.1, -0.05) is 43.0 Å². The second kappa shape index (κ2) is 4.86. The van der Waals surface area contributed by atoms with Gasteiger partial charge >= 0.3 is 0 Å². The Morgan fingerprint density at radius 3 is 2.63 bits per heavy atom. The Kier molecular flexibility index (Phi) is 2.65. The highest BCUT2D eigenvalue weighted by atomic mass is 14.9. The molecule has 0 aliphatic rings. The van der Waals surface area contributed by atoms with Crippen LogP contribution in [0.25, 0.3) is 55.1 Å². The molecule has 0 unspecified atom stereocenters. The lowest BCUT2D eigenvalue weighted by atomic mass is 9.98. The Balaban J connectivity index is 2.14. The topological polar surface area (TPSA) is 8.29 Å². The van der Waals surface area contributed by atoms with Gasteiger partial charge in [-0.15, -0.1) is 0 Å². The van der Waals surface area contributed by atoms with Gasteiger partial charge in [0.2, 0.25) is 5.52 Å². The summed E-state index contributed by atoms with van der Waals surface area (Å²) in [6.07, 6.45) is 4.11. The summed E-state index contributed by atoms with van der Waals surface area (Å²) < 4.78 is 4.72. The molecule has 3 aromatic carbocycles. The maximum atomic E-state index is 4.01. The average Bonchev–Trinajstić information content (AvgIpc) is 3.03. The third-order valence-corrected chi connectivity index (χ3v) is 6.00. The van der Waals surface area contributed by atoms with Crippen LogP contribution in [0.1, 0.15) is 11.1 Å². The number of nitrogens with zero attached hydrogens (tertiary/aromatic N) is 2. The first-order valence-corrected chi connectivity index (χ1v) is 9.31. The Morgan fingerprint density at radius 2 is 1.78 bits per heavy atom. The Bertz CT molecular complexity index is 1550. The summed E-state index contributed by atoms with van der Waals surface area (Å²) in [5, 5.41) is 6.54. The van der Waals surface area contributed by atoms with Crippen molar-refractivity contribution in [3.8, 4) is 0 Å². The van der Waals surface area contributed by atoms with Crippen molar-refractivity contribution in [1.82, 2.24) is 4.40 Å². The zero-order valence-electron chi connectivity index (χ0n) is 15.5. The first-order valence-electron chi connectivity index (χ1n) is 9.31. The Hall–Kier alpha value is -3.39. The fraction of sp³-hybridized carbons (Fsp3) is 0.0800. The van der Waals surface area contributed by atoms with Crippen molar-refractivity contribution in [2.24, 2.45) is 7.05 Å². The second-order valence-corrected chi connectivity index (χ2v) is 7.49. The number of rotatable bonds is 1. The quantitative estimate of drug-likeness (QED) is 0.203. The summed E-state index contributed by atoms with van der Waals surface area (Å²) in [7, 11) is 2.15. The Morgan fingerprint density at radius 1 is 0.926 bits per heavy atom. The van der Waals surface area contributed by atoms with Crippen LogP contribution in [-0.2, 0) is 7.05 Å². The van der Waals surface area contributed by atoms with Crippen molar-refractivity contribution in [3.05, 3.63) is 78.5 Å². The van der Waals surface area contributed by atoms with Crippen molar-refractivity contribution in [1.29, 1.82) is 0 Å². The van der Waals surface area contributed by atoms with E-state index in [1.165, 1.54) is 54.6 Å². The van der Waals surface area contributed by atoms with Gasteiger partial charge in [-0.2, -0.15) is 0 Å². The molecule has 3 aromatic heterocycles. The largest absolute Gasteiger partial charge is 0.307 e. The number of hydrogen-bond donors (Lipinski definition) is 0. The van der Waals surface area contributed by atoms with Gasteiger partial charge in [0.1, 0.15) is 7.05 Å². The molecule has 0 saturated heterocycles. The number of aromatic nitrogens is 2. The first-order chi connectivity index (χ1) is 13.2. The molecular weight excluding hydrogens is 328 g/mol. The van der Waals surface area contributed by atoms with E-state index in [-0.39, 0.29) is 0 Å². The van der Waals surface area contributed by atoms with Crippen LogP contribution in [0.3, 0.4) is 0 Å². The zero-order chi connectivity index (χ0) is 18.3. The number of aryl methyl sites for hydroxylation is 2. The molecule has 0 aliphatic carbocycles. The van der Waals surface area contributed by atoms with E-state index >= 15 is 0 Å². The van der Waals surface area contributed by atoms with Crippen LogP contribution >= 0.6 is 0 Å². The van der Waals surface area contributed by atoms with Gasteiger partial charge in [-0.25, -0.2) is 4.57 Å². The van der Waals surface area contributed by atoms with Crippen LogP contribution in [0.15, 0.2) is 67.4 Å². The van der Waals surface area contributed by atoms with E-state index in [1.807, 2.05) is 6.08 Å². The molecule has 0 saturated carbocycles. The highest BCUT2D eigenvalue weighted by Crippen LogP contribution is 2.40. The highest BCUT2D eigenvalue weighted by molar-refractivity contribution is 6.25. The summed E-state index contributed by atoms with van der Waals surface area (Å²) in [5.41, 5.74) is 7.59. The molecule has 6 rings (SSSR count). The molecule has 2 heteroatoms. The predicted molar refractivity (Wildman–Crippen MR) is 115 cm³/mol. The van der Waals surface area contributed by atoms with E-state index in [2.05, 4.69) is 90.3 Å². The average molecular weight is 347 g/mol. The number of para-hydroxylation sites is 1. The third kappa shape index (κ3) is 1.68. The molecule has 128 valence electrons. The first kappa shape index (κ1) is 14.7. The lowest BCUT2D eigenvalue weighted by Crippen LogP contribution is -2.28. The normalized spacial score (nSPS) is 12.2.